The van der Waals surface area contributed by atoms with Crippen molar-refractivity contribution in [2.45, 2.75) is 18.7 Å². The third-order valence-corrected chi connectivity index (χ3v) is 2.45. The van der Waals surface area contributed by atoms with E-state index >= 15 is 0 Å². The zero-order valence-electron chi connectivity index (χ0n) is 10.2. The quantitative estimate of drug-likeness (QED) is 0.658. The molecule has 5 heteroatoms. The van der Waals surface area contributed by atoms with Crippen LogP contribution in [-0.4, -0.2) is 19.6 Å². The van der Waals surface area contributed by atoms with E-state index in [1.807, 2.05) is 31.2 Å². The molecule has 0 bridgehead atoms. The molecule has 0 heterocycles. The molecule has 0 unspecified atom stereocenters. The third-order valence-electron chi connectivity index (χ3n) is 1.66. The van der Waals surface area contributed by atoms with Crippen molar-refractivity contribution in [3.8, 4) is 6.07 Å². The number of benzene rings is 1. The number of carbonyl (C=O) groups excluding carboxylic acids is 1. The van der Waals surface area contributed by atoms with Crippen molar-refractivity contribution in [3.05, 3.63) is 29.8 Å². The maximum absolute atomic E-state index is 10.8. The second-order valence-corrected chi connectivity index (χ2v) is 4.00. The average molecular weight is 252 g/mol. The van der Waals surface area contributed by atoms with Crippen molar-refractivity contribution in [2.75, 3.05) is 13.7 Å². The van der Waals surface area contributed by atoms with E-state index in [0.29, 0.717) is 0 Å². The first kappa shape index (κ1) is 15.5. The molecule has 0 saturated carbocycles. The van der Waals surface area contributed by atoms with Gasteiger partial charge in [0.25, 0.3) is 0 Å². The zero-order chi connectivity index (χ0) is 13.1. The molecule has 1 aromatic carbocycles. The highest BCUT2D eigenvalue weighted by Gasteiger charge is 1.99. The fourth-order valence-electron chi connectivity index (χ4n) is 0.857. The standard InChI is InChI=1S/C10H13NO2S.C2H3N/c1-8-3-5-9(6-4-8)14-11-7-10(12)13-2;1-2-3/h3-6,11H,7H2,1-2H3;1H3. The van der Waals surface area contributed by atoms with Gasteiger partial charge in [0.05, 0.1) is 13.2 Å². The Morgan fingerprint density at radius 3 is 2.47 bits per heavy atom. The van der Waals surface area contributed by atoms with Crippen LogP contribution in [0.3, 0.4) is 0 Å². The monoisotopic (exact) mass is 252 g/mol. The molecule has 0 fully saturated rings. The number of aryl methyl sites for hydroxylation is 1. The van der Waals surface area contributed by atoms with Crippen LogP contribution in [0.25, 0.3) is 0 Å². The van der Waals surface area contributed by atoms with E-state index in [1.54, 1.807) is 6.07 Å². The van der Waals surface area contributed by atoms with Gasteiger partial charge in [-0.25, -0.2) is 4.72 Å². The molecule has 0 spiro atoms. The minimum absolute atomic E-state index is 0.217. The topological polar surface area (TPSA) is 62.1 Å². The third kappa shape index (κ3) is 8.31. The Morgan fingerprint density at radius 1 is 1.47 bits per heavy atom. The number of nitrogens with zero attached hydrogens (tertiary/aromatic N) is 1. The van der Waals surface area contributed by atoms with E-state index in [9.17, 15) is 4.79 Å². The molecule has 0 saturated heterocycles. The Hall–Kier alpha value is -1.51. The molecular formula is C12H16N2O2S. The molecule has 0 aromatic heterocycles. The molecule has 17 heavy (non-hydrogen) atoms. The van der Waals surface area contributed by atoms with Gasteiger partial charge in [-0.05, 0) is 31.0 Å². The highest BCUT2D eigenvalue weighted by molar-refractivity contribution is 7.97. The normalized spacial score (nSPS) is 8.59. The van der Waals surface area contributed by atoms with Gasteiger partial charge in [0.1, 0.15) is 6.54 Å². The fraction of sp³-hybridized carbons (Fsp3) is 0.333. The van der Waals surface area contributed by atoms with Crippen molar-refractivity contribution in [2.24, 2.45) is 0 Å². The number of nitrogens with one attached hydrogen (secondary N) is 1. The van der Waals surface area contributed by atoms with E-state index in [2.05, 4.69) is 9.46 Å². The minimum atomic E-state index is -0.260. The van der Waals surface area contributed by atoms with Crippen LogP contribution in [0.5, 0.6) is 0 Å². The lowest BCUT2D eigenvalue weighted by atomic mass is 10.2. The number of nitriles is 1. The number of methoxy groups -OCH3 is 1. The summed E-state index contributed by atoms with van der Waals surface area (Å²) in [5, 5.41) is 7.32. The molecule has 0 amide bonds. The van der Waals surface area contributed by atoms with Crippen molar-refractivity contribution >= 4 is 17.9 Å². The SMILES string of the molecule is CC#N.COC(=O)CNSc1ccc(C)cc1. The fourth-order valence-corrected chi connectivity index (χ4v) is 1.49. The Labute approximate surface area is 106 Å². The minimum Gasteiger partial charge on any atom is -0.468 e. The van der Waals surface area contributed by atoms with Crippen molar-refractivity contribution in [3.63, 3.8) is 0 Å². The second-order valence-electron chi connectivity index (χ2n) is 3.04. The Balaban J connectivity index is 0.000000770. The summed E-state index contributed by atoms with van der Waals surface area (Å²) in [5.74, 6) is -0.260. The predicted octanol–water partition coefficient (Wildman–Crippen LogP) is 2.29. The van der Waals surface area contributed by atoms with Crippen LogP contribution >= 0.6 is 11.9 Å². The summed E-state index contributed by atoms with van der Waals surface area (Å²) in [6.07, 6.45) is 0. The molecule has 0 atom stereocenters. The van der Waals surface area contributed by atoms with E-state index in [0.717, 1.165) is 4.90 Å². The molecule has 0 aliphatic heterocycles. The first-order chi connectivity index (χ1) is 8.13. The van der Waals surface area contributed by atoms with Gasteiger partial charge < -0.3 is 4.74 Å². The first-order valence-corrected chi connectivity index (χ1v) is 5.79. The highest BCUT2D eigenvalue weighted by atomic mass is 32.2. The van der Waals surface area contributed by atoms with Gasteiger partial charge in [0, 0.05) is 11.8 Å². The van der Waals surface area contributed by atoms with Gasteiger partial charge in [-0.1, -0.05) is 17.7 Å². The van der Waals surface area contributed by atoms with Crippen LogP contribution in [0, 0.1) is 18.3 Å². The van der Waals surface area contributed by atoms with Gasteiger partial charge in [-0.2, -0.15) is 5.26 Å². The van der Waals surface area contributed by atoms with Crippen LogP contribution in [0.1, 0.15) is 12.5 Å². The first-order valence-electron chi connectivity index (χ1n) is 4.98. The molecular weight excluding hydrogens is 236 g/mol. The summed E-state index contributed by atoms with van der Waals surface area (Å²) in [4.78, 5) is 11.8. The second kappa shape index (κ2) is 9.70. The Bertz CT molecular complexity index is 371. The van der Waals surface area contributed by atoms with Crippen LogP contribution in [-0.2, 0) is 9.53 Å². The Kier molecular flexibility index (Phi) is 8.84. The van der Waals surface area contributed by atoms with E-state index < -0.39 is 0 Å². The number of esters is 1. The van der Waals surface area contributed by atoms with E-state index in [1.165, 1.54) is 31.5 Å². The van der Waals surface area contributed by atoms with Gasteiger partial charge >= 0.3 is 5.97 Å². The number of rotatable bonds is 4. The zero-order valence-corrected chi connectivity index (χ0v) is 11.0. The van der Waals surface area contributed by atoms with E-state index in [4.69, 9.17) is 5.26 Å². The summed E-state index contributed by atoms with van der Waals surface area (Å²) >= 11 is 1.42. The molecule has 1 rings (SSSR count). The average Bonchev–Trinajstić information content (AvgIpc) is 2.32. The lowest BCUT2D eigenvalue weighted by molar-refractivity contribution is -0.139. The number of hydrogen-bond acceptors (Lipinski definition) is 5. The molecule has 92 valence electrons. The van der Waals surface area contributed by atoms with Crippen molar-refractivity contribution < 1.29 is 9.53 Å². The summed E-state index contributed by atoms with van der Waals surface area (Å²) in [7, 11) is 1.38. The number of carbonyl (C=O) groups is 1. The molecule has 0 aliphatic carbocycles. The van der Waals surface area contributed by atoms with Crippen LogP contribution in [0.15, 0.2) is 29.2 Å². The van der Waals surface area contributed by atoms with Crippen LogP contribution < -0.4 is 4.72 Å². The van der Waals surface area contributed by atoms with Crippen molar-refractivity contribution in [1.29, 1.82) is 5.26 Å². The summed E-state index contributed by atoms with van der Waals surface area (Å²) in [6.45, 7) is 3.69. The summed E-state index contributed by atoms with van der Waals surface area (Å²) in [6, 6.07) is 9.82. The summed E-state index contributed by atoms with van der Waals surface area (Å²) in [5.41, 5.74) is 1.22. The van der Waals surface area contributed by atoms with Gasteiger partial charge in [0.2, 0.25) is 0 Å². The molecule has 0 aliphatic rings. The van der Waals surface area contributed by atoms with Crippen LogP contribution in [0.4, 0.5) is 0 Å². The number of hydrogen-bond donors (Lipinski definition) is 1. The Morgan fingerprint density at radius 2 is 2.00 bits per heavy atom. The maximum atomic E-state index is 10.8. The van der Waals surface area contributed by atoms with E-state index in [-0.39, 0.29) is 12.5 Å². The number of ether oxygens (including phenoxy) is 1. The maximum Gasteiger partial charge on any atom is 0.320 e. The smallest absolute Gasteiger partial charge is 0.320 e. The molecule has 1 N–H and O–H groups in total. The van der Waals surface area contributed by atoms with Gasteiger partial charge in [-0.3, -0.25) is 4.79 Å². The van der Waals surface area contributed by atoms with Crippen molar-refractivity contribution in [1.82, 2.24) is 4.72 Å². The summed E-state index contributed by atoms with van der Waals surface area (Å²) < 4.78 is 7.41. The van der Waals surface area contributed by atoms with Gasteiger partial charge in [0.15, 0.2) is 0 Å². The van der Waals surface area contributed by atoms with Gasteiger partial charge in [-0.15, -0.1) is 0 Å². The largest absolute Gasteiger partial charge is 0.468 e. The highest BCUT2D eigenvalue weighted by Crippen LogP contribution is 2.14. The predicted molar refractivity (Wildman–Crippen MR) is 68.3 cm³/mol. The lowest BCUT2D eigenvalue weighted by Gasteiger charge is -2.02. The molecule has 1 aromatic rings. The molecule has 4 nitrogen and oxygen atoms in total. The molecule has 0 radical (unpaired) electrons. The van der Waals surface area contributed by atoms with Crippen LogP contribution in [0.2, 0.25) is 0 Å². The lowest BCUT2D eigenvalue weighted by Crippen LogP contribution is -2.17.